The van der Waals surface area contributed by atoms with Gasteiger partial charge in [0.25, 0.3) is 0 Å². The van der Waals surface area contributed by atoms with E-state index >= 15 is 0 Å². The van der Waals surface area contributed by atoms with Gasteiger partial charge in [-0.15, -0.1) is 0 Å². The standard InChI is InChI=1S/C20H17N/c1-14-8-10-17-18-13-16(15-6-4-3-5-7-15)9-11-19(18)21(2)20(17)12-14/h3-13H,1-2H3. The van der Waals surface area contributed by atoms with Crippen LogP contribution in [0.25, 0.3) is 32.9 Å². The Kier molecular flexibility index (Phi) is 2.61. The average Bonchev–Trinajstić information content (AvgIpc) is 2.80. The first-order chi connectivity index (χ1) is 10.2. The SMILES string of the molecule is Cc1ccc2c3cc(-c4ccccc4)ccc3n(C)c2c1. The molecule has 0 aliphatic carbocycles. The lowest BCUT2D eigenvalue weighted by Gasteiger charge is -2.02. The predicted molar refractivity (Wildman–Crippen MR) is 90.6 cm³/mol. The van der Waals surface area contributed by atoms with E-state index in [1.807, 2.05) is 0 Å². The van der Waals surface area contributed by atoms with Gasteiger partial charge < -0.3 is 4.57 Å². The first-order valence-electron chi connectivity index (χ1n) is 7.28. The van der Waals surface area contributed by atoms with Gasteiger partial charge in [-0.05, 0) is 41.8 Å². The predicted octanol–water partition coefficient (Wildman–Crippen LogP) is 5.31. The molecule has 4 aromatic rings. The Morgan fingerprint density at radius 2 is 1.48 bits per heavy atom. The van der Waals surface area contributed by atoms with Gasteiger partial charge >= 0.3 is 0 Å². The van der Waals surface area contributed by atoms with Crippen molar-refractivity contribution >= 4 is 21.8 Å². The van der Waals surface area contributed by atoms with Crippen LogP contribution in [-0.2, 0) is 7.05 Å². The third-order valence-electron chi connectivity index (χ3n) is 4.27. The highest BCUT2D eigenvalue weighted by molar-refractivity contribution is 6.09. The summed E-state index contributed by atoms with van der Waals surface area (Å²) >= 11 is 0. The minimum absolute atomic E-state index is 1.27. The summed E-state index contributed by atoms with van der Waals surface area (Å²) < 4.78 is 2.28. The van der Waals surface area contributed by atoms with Crippen molar-refractivity contribution in [3.05, 3.63) is 72.3 Å². The molecule has 0 aliphatic rings. The van der Waals surface area contributed by atoms with Crippen molar-refractivity contribution in [2.45, 2.75) is 6.92 Å². The molecule has 0 saturated heterocycles. The van der Waals surface area contributed by atoms with Crippen molar-refractivity contribution in [1.29, 1.82) is 0 Å². The zero-order chi connectivity index (χ0) is 14.4. The summed E-state index contributed by atoms with van der Waals surface area (Å²) in [6.07, 6.45) is 0. The van der Waals surface area contributed by atoms with Crippen LogP contribution >= 0.6 is 0 Å². The Morgan fingerprint density at radius 3 is 2.29 bits per heavy atom. The van der Waals surface area contributed by atoms with Crippen molar-refractivity contribution in [3.63, 3.8) is 0 Å². The molecule has 0 saturated carbocycles. The van der Waals surface area contributed by atoms with Crippen LogP contribution in [0, 0.1) is 6.92 Å². The van der Waals surface area contributed by atoms with Gasteiger partial charge in [-0.3, -0.25) is 0 Å². The molecule has 0 radical (unpaired) electrons. The molecule has 0 amide bonds. The zero-order valence-corrected chi connectivity index (χ0v) is 12.3. The van der Waals surface area contributed by atoms with E-state index in [0.717, 1.165) is 0 Å². The van der Waals surface area contributed by atoms with E-state index in [-0.39, 0.29) is 0 Å². The van der Waals surface area contributed by atoms with Gasteiger partial charge in [0.1, 0.15) is 0 Å². The summed E-state index contributed by atoms with van der Waals surface area (Å²) in [5.74, 6) is 0. The maximum atomic E-state index is 2.31. The molecule has 102 valence electrons. The molecule has 0 spiro atoms. The van der Waals surface area contributed by atoms with Gasteiger partial charge in [-0.1, -0.05) is 48.5 Å². The van der Waals surface area contributed by atoms with Gasteiger partial charge in [-0.25, -0.2) is 0 Å². The molecule has 3 aromatic carbocycles. The van der Waals surface area contributed by atoms with E-state index in [2.05, 4.69) is 85.3 Å². The maximum Gasteiger partial charge on any atom is 0.0491 e. The second-order valence-corrected chi connectivity index (χ2v) is 5.68. The summed E-state index contributed by atoms with van der Waals surface area (Å²) in [5.41, 5.74) is 6.43. The monoisotopic (exact) mass is 271 g/mol. The fourth-order valence-electron chi connectivity index (χ4n) is 3.13. The van der Waals surface area contributed by atoms with E-state index in [1.54, 1.807) is 0 Å². The second-order valence-electron chi connectivity index (χ2n) is 5.68. The van der Waals surface area contributed by atoms with Crippen LogP contribution in [0.4, 0.5) is 0 Å². The normalized spacial score (nSPS) is 11.3. The van der Waals surface area contributed by atoms with Gasteiger partial charge in [0.15, 0.2) is 0 Å². The fraction of sp³-hybridized carbons (Fsp3) is 0.100. The number of rotatable bonds is 1. The van der Waals surface area contributed by atoms with Crippen molar-refractivity contribution in [3.8, 4) is 11.1 Å². The minimum Gasteiger partial charge on any atom is -0.344 e. The van der Waals surface area contributed by atoms with Crippen LogP contribution in [0.3, 0.4) is 0 Å². The molecular formula is C20H17N. The van der Waals surface area contributed by atoms with Gasteiger partial charge in [0.2, 0.25) is 0 Å². The molecular weight excluding hydrogens is 254 g/mol. The maximum absolute atomic E-state index is 2.31. The number of aryl methyl sites for hydroxylation is 2. The van der Waals surface area contributed by atoms with E-state index in [0.29, 0.717) is 0 Å². The number of hydrogen-bond acceptors (Lipinski definition) is 0. The largest absolute Gasteiger partial charge is 0.344 e. The van der Waals surface area contributed by atoms with Gasteiger partial charge in [0, 0.05) is 28.9 Å². The number of hydrogen-bond donors (Lipinski definition) is 0. The molecule has 0 aliphatic heterocycles. The highest BCUT2D eigenvalue weighted by Crippen LogP contribution is 2.32. The second kappa shape index (κ2) is 4.49. The van der Waals surface area contributed by atoms with E-state index < -0.39 is 0 Å². The molecule has 21 heavy (non-hydrogen) atoms. The quantitative estimate of drug-likeness (QED) is 0.442. The zero-order valence-electron chi connectivity index (χ0n) is 12.3. The van der Waals surface area contributed by atoms with Gasteiger partial charge in [0.05, 0.1) is 0 Å². The molecule has 0 N–H and O–H groups in total. The van der Waals surface area contributed by atoms with Crippen LogP contribution in [0.2, 0.25) is 0 Å². The van der Waals surface area contributed by atoms with Crippen molar-refractivity contribution < 1.29 is 0 Å². The molecule has 4 rings (SSSR count). The molecule has 1 heterocycles. The highest BCUT2D eigenvalue weighted by atomic mass is 14.9. The molecule has 0 atom stereocenters. The lowest BCUT2D eigenvalue weighted by molar-refractivity contribution is 1.01. The Bertz CT molecular complexity index is 946. The number of benzene rings is 3. The van der Waals surface area contributed by atoms with E-state index in [1.165, 1.54) is 38.5 Å². The Hall–Kier alpha value is -2.54. The van der Waals surface area contributed by atoms with Crippen LogP contribution < -0.4 is 0 Å². The van der Waals surface area contributed by atoms with E-state index in [4.69, 9.17) is 0 Å². The first kappa shape index (κ1) is 12.2. The first-order valence-corrected chi connectivity index (χ1v) is 7.28. The van der Waals surface area contributed by atoms with Gasteiger partial charge in [-0.2, -0.15) is 0 Å². The minimum atomic E-state index is 1.27. The molecule has 0 bridgehead atoms. The number of aromatic nitrogens is 1. The summed E-state index contributed by atoms with van der Waals surface area (Å²) in [4.78, 5) is 0. The smallest absolute Gasteiger partial charge is 0.0491 e. The highest BCUT2D eigenvalue weighted by Gasteiger charge is 2.09. The summed E-state index contributed by atoms with van der Waals surface area (Å²) in [7, 11) is 2.15. The fourth-order valence-corrected chi connectivity index (χ4v) is 3.13. The Labute approximate surface area is 124 Å². The number of nitrogens with zero attached hydrogens (tertiary/aromatic N) is 1. The molecule has 0 fully saturated rings. The van der Waals surface area contributed by atoms with Crippen LogP contribution in [-0.4, -0.2) is 4.57 Å². The van der Waals surface area contributed by atoms with Crippen LogP contribution in [0.1, 0.15) is 5.56 Å². The van der Waals surface area contributed by atoms with E-state index in [9.17, 15) is 0 Å². The third kappa shape index (κ3) is 1.85. The third-order valence-corrected chi connectivity index (χ3v) is 4.27. The molecule has 1 aromatic heterocycles. The van der Waals surface area contributed by atoms with Crippen molar-refractivity contribution in [2.24, 2.45) is 7.05 Å². The summed E-state index contributed by atoms with van der Waals surface area (Å²) in [6, 6.07) is 24.0. The average molecular weight is 271 g/mol. The lowest BCUT2D eigenvalue weighted by atomic mass is 10.0. The lowest BCUT2D eigenvalue weighted by Crippen LogP contribution is -1.86. The molecule has 1 heteroatoms. The van der Waals surface area contributed by atoms with Crippen molar-refractivity contribution in [2.75, 3.05) is 0 Å². The van der Waals surface area contributed by atoms with Crippen molar-refractivity contribution in [1.82, 2.24) is 4.57 Å². The summed E-state index contributed by atoms with van der Waals surface area (Å²) in [5, 5.41) is 2.66. The number of fused-ring (bicyclic) bond motifs is 3. The van der Waals surface area contributed by atoms with Crippen LogP contribution in [0.5, 0.6) is 0 Å². The Balaban J connectivity index is 2.06. The Morgan fingerprint density at radius 1 is 0.667 bits per heavy atom. The summed E-state index contributed by atoms with van der Waals surface area (Å²) in [6.45, 7) is 2.15. The van der Waals surface area contributed by atoms with Crippen LogP contribution in [0.15, 0.2) is 66.7 Å². The molecule has 0 unspecified atom stereocenters. The molecule has 1 nitrogen and oxygen atoms in total. The topological polar surface area (TPSA) is 4.93 Å².